The number of nitrogens with zero attached hydrogens (tertiary/aromatic N) is 6. The van der Waals surface area contributed by atoms with E-state index in [0.717, 1.165) is 68.6 Å². The second-order valence-corrected chi connectivity index (χ2v) is 6.84. The molecule has 0 unspecified atom stereocenters. The molecule has 0 radical (unpaired) electrons. The van der Waals surface area contributed by atoms with Crippen LogP contribution < -0.4 is 10.6 Å². The van der Waals surface area contributed by atoms with Gasteiger partial charge in [-0.25, -0.2) is 0 Å². The summed E-state index contributed by atoms with van der Waals surface area (Å²) in [6.45, 7) is 9.54. The zero-order chi connectivity index (χ0) is 19.8. The molecule has 0 amide bonds. The molecule has 0 bridgehead atoms. The summed E-state index contributed by atoms with van der Waals surface area (Å²) in [5.41, 5.74) is 3.16. The van der Waals surface area contributed by atoms with Crippen molar-refractivity contribution >= 4 is 11.6 Å². The second kappa shape index (κ2) is 9.87. The fourth-order valence-corrected chi connectivity index (χ4v) is 3.17. The lowest BCUT2D eigenvalue weighted by Gasteiger charge is -2.11. The summed E-state index contributed by atoms with van der Waals surface area (Å²) in [7, 11) is 0. The third-order valence-electron chi connectivity index (χ3n) is 4.50. The molecule has 0 fully saturated rings. The zero-order valence-corrected chi connectivity index (χ0v) is 17.0. The average Bonchev–Trinajstić information content (AvgIpc) is 3.24. The van der Waals surface area contributed by atoms with Crippen LogP contribution in [0.15, 0.2) is 35.5 Å². The molecule has 0 saturated carbocycles. The van der Waals surface area contributed by atoms with Gasteiger partial charge >= 0.3 is 0 Å². The maximum Gasteiger partial charge on any atom is 0.191 e. The lowest BCUT2D eigenvalue weighted by molar-refractivity contribution is 0.567. The Morgan fingerprint density at radius 2 is 2.04 bits per heavy atom. The normalized spacial score (nSPS) is 11.9. The highest BCUT2D eigenvalue weighted by Gasteiger charge is 2.05. The minimum absolute atomic E-state index is 0.766. The molecule has 3 aromatic rings. The van der Waals surface area contributed by atoms with E-state index in [2.05, 4.69) is 50.8 Å². The molecule has 0 aromatic carbocycles. The van der Waals surface area contributed by atoms with Gasteiger partial charge in [0.25, 0.3) is 0 Å². The molecule has 8 nitrogen and oxygen atoms in total. The number of rotatable bonds is 9. The minimum Gasteiger partial charge on any atom is -0.357 e. The Kier molecular flexibility index (Phi) is 7.00. The van der Waals surface area contributed by atoms with Crippen LogP contribution in [0.3, 0.4) is 0 Å². The summed E-state index contributed by atoms with van der Waals surface area (Å²) >= 11 is 0. The van der Waals surface area contributed by atoms with Crippen molar-refractivity contribution in [1.82, 2.24) is 35.0 Å². The topological polar surface area (TPSA) is 84.4 Å². The van der Waals surface area contributed by atoms with Crippen molar-refractivity contribution < 1.29 is 0 Å². The Labute approximate surface area is 166 Å². The van der Waals surface area contributed by atoms with E-state index >= 15 is 0 Å². The van der Waals surface area contributed by atoms with Crippen LogP contribution in [-0.4, -0.2) is 50.0 Å². The molecule has 2 N–H and O–H groups in total. The van der Waals surface area contributed by atoms with Crippen LogP contribution in [0.2, 0.25) is 0 Å². The molecule has 0 aliphatic rings. The summed E-state index contributed by atoms with van der Waals surface area (Å²) in [5, 5.41) is 19.7. The van der Waals surface area contributed by atoms with E-state index in [1.165, 1.54) is 5.69 Å². The summed E-state index contributed by atoms with van der Waals surface area (Å²) in [6, 6.07) is 8.05. The smallest absolute Gasteiger partial charge is 0.191 e. The van der Waals surface area contributed by atoms with Crippen molar-refractivity contribution in [3.63, 3.8) is 0 Å². The molecule has 0 atom stereocenters. The number of nitrogens with one attached hydrogen (secondary N) is 2. The van der Waals surface area contributed by atoms with Crippen LogP contribution in [0.5, 0.6) is 0 Å². The van der Waals surface area contributed by atoms with Crippen LogP contribution in [0.1, 0.15) is 37.0 Å². The van der Waals surface area contributed by atoms with Crippen molar-refractivity contribution in [3.8, 4) is 0 Å². The van der Waals surface area contributed by atoms with Crippen LogP contribution >= 0.6 is 0 Å². The summed E-state index contributed by atoms with van der Waals surface area (Å²) < 4.78 is 4.09. The number of guanidine groups is 1. The van der Waals surface area contributed by atoms with E-state index in [4.69, 9.17) is 0 Å². The molecule has 3 heterocycles. The molecular formula is C20H30N8. The minimum atomic E-state index is 0.766. The molecule has 0 spiro atoms. The zero-order valence-electron chi connectivity index (χ0n) is 17.0. The third-order valence-corrected chi connectivity index (χ3v) is 4.50. The van der Waals surface area contributed by atoms with Gasteiger partial charge in [0.15, 0.2) is 11.6 Å². The largest absolute Gasteiger partial charge is 0.357 e. The number of aliphatic imine (C=N–C) groups is 1. The maximum absolute atomic E-state index is 4.67. The molecule has 0 aliphatic carbocycles. The third kappa shape index (κ3) is 5.31. The monoisotopic (exact) mass is 382 g/mol. The predicted octanol–water partition coefficient (Wildman–Crippen LogP) is 2.12. The van der Waals surface area contributed by atoms with Crippen LogP contribution in [0.25, 0.3) is 5.65 Å². The molecule has 0 aliphatic heterocycles. The van der Waals surface area contributed by atoms with Gasteiger partial charge in [-0.1, -0.05) is 6.07 Å². The summed E-state index contributed by atoms with van der Waals surface area (Å²) in [5.74, 6) is 1.85. The first-order chi connectivity index (χ1) is 13.7. The van der Waals surface area contributed by atoms with Gasteiger partial charge in [0.2, 0.25) is 0 Å². The van der Waals surface area contributed by atoms with Crippen LogP contribution in [0.4, 0.5) is 0 Å². The van der Waals surface area contributed by atoms with Gasteiger partial charge in [-0.3, -0.25) is 14.1 Å². The van der Waals surface area contributed by atoms with Gasteiger partial charge in [-0.05, 0) is 51.8 Å². The quantitative estimate of drug-likeness (QED) is 0.336. The van der Waals surface area contributed by atoms with E-state index in [9.17, 15) is 0 Å². The van der Waals surface area contributed by atoms with E-state index in [0.29, 0.717) is 0 Å². The van der Waals surface area contributed by atoms with E-state index in [1.54, 1.807) is 0 Å². The Hall–Kier alpha value is -2.90. The SMILES string of the molecule is CCNC(=NCCCn1nc(C)cc1C)NCCCc1nnc2ccccn12. The van der Waals surface area contributed by atoms with E-state index in [-0.39, 0.29) is 0 Å². The first kappa shape index (κ1) is 19.9. The number of hydrogen-bond acceptors (Lipinski definition) is 4. The van der Waals surface area contributed by atoms with Gasteiger partial charge in [0.05, 0.1) is 5.69 Å². The molecule has 3 aromatic heterocycles. The number of pyridine rings is 1. The fourth-order valence-electron chi connectivity index (χ4n) is 3.17. The first-order valence-electron chi connectivity index (χ1n) is 9.99. The Bertz CT molecular complexity index is 908. The number of aryl methyl sites for hydroxylation is 4. The summed E-state index contributed by atoms with van der Waals surface area (Å²) in [6.07, 6.45) is 4.80. The van der Waals surface area contributed by atoms with Crippen molar-refractivity contribution in [1.29, 1.82) is 0 Å². The van der Waals surface area contributed by atoms with Crippen molar-refractivity contribution in [2.45, 2.75) is 46.6 Å². The highest BCUT2D eigenvalue weighted by molar-refractivity contribution is 5.79. The summed E-state index contributed by atoms with van der Waals surface area (Å²) in [4.78, 5) is 4.67. The molecule has 8 heteroatoms. The van der Waals surface area contributed by atoms with Crippen LogP contribution in [0, 0.1) is 13.8 Å². The molecule has 28 heavy (non-hydrogen) atoms. The second-order valence-electron chi connectivity index (χ2n) is 6.84. The fraction of sp³-hybridized carbons (Fsp3) is 0.500. The highest BCUT2D eigenvalue weighted by atomic mass is 15.3. The maximum atomic E-state index is 4.67. The van der Waals surface area contributed by atoms with Gasteiger partial charge < -0.3 is 10.6 Å². The Balaban J connectivity index is 1.42. The lowest BCUT2D eigenvalue weighted by Crippen LogP contribution is -2.38. The molecule has 150 valence electrons. The Morgan fingerprint density at radius 1 is 1.14 bits per heavy atom. The number of fused-ring (bicyclic) bond motifs is 1. The number of hydrogen-bond donors (Lipinski definition) is 2. The standard InChI is InChI=1S/C20H30N8/c1-4-21-20(23-12-8-14-28-17(3)15-16(2)26-28)22-11-7-10-19-25-24-18-9-5-6-13-27(18)19/h5-6,9,13,15H,4,7-8,10-12,14H2,1-3H3,(H2,21,22,23). The highest BCUT2D eigenvalue weighted by Crippen LogP contribution is 2.05. The molecule has 0 saturated heterocycles. The van der Waals surface area contributed by atoms with Crippen molar-refractivity contribution in [2.75, 3.05) is 19.6 Å². The van der Waals surface area contributed by atoms with Gasteiger partial charge in [-0.15, -0.1) is 10.2 Å². The molecular weight excluding hydrogens is 352 g/mol. The lowest BCUT2D eigenvalue weighted by atomic mass is 10.3. The van der Waals surface area contributed by atoms with E-state index < -0.39 is 0 Å². The first-order valence-corrected chi connectivity index (χ1v) is 9.99. The van der Waals surface area contributed by atoms with Gasteiger partial charge in [0, 0.05) is 44.5 Å². The van der Waals surface area contributed by atoms with Crippen molar-refractivity contribution in [3.05, 3.63) is 47.7 Å². The van der Waals surface area contributed by atoms with Crippen molar-refractivity contribution in [2.24, 2.45) is 4.99 Å². The van der Waals surface area contributed by atoms with Gasteiger partial charge in [0.1, 0.15) is 5.82 Å². The number of aromatic nitrogens is 5. The van der Waals surface area contributed by atoms with Gasteiger partial charge in [-0.2, -0.15) is 5.10 Å². The van der Waals surface area contributed by atoms with E-state index in [1.807, 2.05) is 40.4 Å². The molecule has 3 rings (SSSR count). The predicted molar refractivity (Wildman–Crippen MR) is 112 cm³/mol. The van der Waals surface area contributed by atoms with Crippen LogP contribution in [-0.2, 0) is 13.0 Å². The average molecular weight is 383 g/mol. The Morgan fingerprint density at radius 3 is 2.82 bits per heavy atom.